The van der Waals surface area contributed by atoms with Gasteiger partial charge < -0.3 is 9.72 Å². The average molecular weight is 229 g/mol. The minimum atomic E-state index is 0.627. The number of hydrogen-bond donors (Lipinski definition) is 1. The second-order valence-electron chi connectivity index (χ2n) is 3.57. The molecule has 2 aromatic heterocycles. The zero-order chi connectivity index (χ0) is 10.8. The Hall–Kier alpha value is -1.74. The third kappa shape index (κ3) is 1.70. The van der Waals surface area contributed by atoms with Gasteiger partial charge in [0.15, 0.2) is 5.88 Å². The molecule has 0 spiro atoms. The Bertz CT molecular complexity index is 583. The van der Waals surface area contributed by atoms with E-state index in [1.54, 1.807) is 11.3 Å². The molecule has 3 aromatic rings. The molecule has 16 heavy (non-hydrogen) atoms. The van der Waals surface area contributed by atoms with E-state index in [4.69, 9.17) is 4.74 Å². The smallest absolute Gasteiger partial charge is 0.199 e. The van der Waals surface area contributed by atoms with Crippen LogP contribution in [0.2, 0.25) is 0 Å². The van der Waals surface area contributed by atoms with Crippen LogP contribution in [0.25, 0.3) is 10.8 Å². The molecule has 2 nitrogen and oxygen atoms in total. The van der Waals surface area contributed by atoms with E-state index in [-0.39, 0.29) is 0 Å². The number of thiophene rings is 1. The van der Waals surface area contributed by atoms with Gasteiger partial charge >= 0.3 is 0 Å². The first-order chi connectivity index (χ1) is 7.93. The SMILES string of the molecule is c1csc(COc2[nH]cc3ccccc23)c1. The van der Waals surface area contributed by atoms with E-state index in [2.05, 4.69) is 28.6 Å². The molecule has 0 saturated carbocycles. The lowest BCUT2D eigenvalue weighted by Gasteiger charge is -2.02. The summed E-state index contributed by atoms with van der Waals surface area (Å²) < 4.78 is 5.76. The molecule has 0 aliphatic rings. The van der Waals surface area contributed by atoms with Crippen LogP contribution in [0.3, 0.4) is 0 Å². The van der Waals surface area contributed by atoms with Crippen molar-refractivity contribution in [2.75, 3.05) is 0 Å². The van der Waals surface area contributed by atoms with Crippen molar-refractivity contribution in [1.82, 2.24) is 4.98 Å². The molecule has 3 heteroatoms. The molecular weight excluding hydrogens is 218 g/mol. The Kier molecular flexibility index (Phi) is 2.38. The summed E-state index contributed by atoms with van der Waals surface area (Å²) in [6.45, 7) is 0.627. The van der Waals surface area contributed by atoms with Crippen LogP contribution in [-0.4, -0.2) is 4.98 Å². The molecule has 0 bridgehead atoms. The molecule has 1 aromatic carbocycles. The standard InChI is InChI=1S/C13H11NOS/c1-2-6-12-10(4-1)8-14-13(12)15-9-11-5-3-7-16-11/h1-8,14H,9H2. The maximum atomic E-state index is 5.76. The third-order valence-electron chi connectivity index (χ3n) is 2.50. The lowest BCUT2D eigenvalue weighted by atomic mass is 10.2. The molecule has 0 atom stereocenters. The number of fused-ring (bicyclic) bond motifs is 1. The molecule has 1 N–H and O–H groups in total. The Morgan fingerprint density at radius 1 is 1.12 bits per heavy atom. The van der Waals surface area contributed by atoms with E-state index in [1.807, 2.05) is 24.4 Å². The molecule has 0 saturated heterocycles. The maximum absolute atomic E-state index is 5.76. The first kappa shape index (κ1) is 9.48. The molecule has 0 aliphatic heterocycles. The topological polar surface area (TPSA) is 25.0 Å². The first-order valence-electron chi connectivity index (χ1n) is 5.15. The molecular formula is C13H11NOS. The van der Waals surface area contributed by atoms with Gasteiger partial charge in [-0.25, -0.2) is 0 Å². The minimum Gasteiger partial charge on any atom is -0.473 e. The second-order valence-corrected chi connectivity index (χ2v) is 4.61. The van der Waals surface area contributed by atoms with Gasteiger partial charge in [-0.15, -0.1) is 11.3 Å². The van der Waals surface area contributed by atoms with Gasteiger partial charge in [-0.3, -0.25) is 0 Å². The highest BCUT2D eigenvalue weighted by atomic mass is 32.1. The van der Waals surface area contributed by atoms with Crippen LogP contribution in [0.5, 0.6) is 5.88 Å². The van der Waals surface area contributed by atoms with Crippen LogP contribution < -0.4 is 4.74 Å². The fourth-order valence-corrected chi connectivity index (χ4v) is 2.32. The van der Waals surface area contributed by atoms with Crippen molar-refractivity contribution >= 4 is 22.1 Å². The van der Waals surface area contributed by atoms with E-state index in [0.29, 0.717) is 6.61 Å². The number of H-pyrrole nitrogens is 1. The van der Waals surface area contributed by atoms with E-state index in [1.165, 1.54) is 10.3 Å². The Morgan fingerprint density at radius 3 is 2.94 bits per heavy atom. The van der Waals surface area contributed by atoms with Crippen molar-refractivity contribution in [1.29, 1.82) is 0 Å². The molecule has 0 fully saturated rings. The molecule has 3 rings (SSSR count). The average Bonchev–Trinajstić information content (AvgIpc) is 2.96. The highest BCUT2D eigenvalue weighted by Gasteiger charge is 2.03. The molecule has 2 heterocycles. The van der Waals surface area contributed by atoms with Crippen molar-refractivity contribution in [3.63, 3.8) is 0 Å². The van der Waals surface area contributed by atoms with Gasteiger partial charge in [0.1, 0.15) is 6.61 Å². The Morgan fingerprint density at radius 2 is 2.06 bits per heavy atom. The Labute approximate surface area is 97.5 Å². The van der Waals surface area contributed by atoms with Gasteiger partial charge in [0.05, 0.1) is 0 Å². The van der Waals surface area contributed by atoms with Crippen LogP contribution in [0.4, 0.5) is 0 Å². The predicted molar refractivity (Wildman–Crippen MR) is 66.9 cm³/mol. The largest absolute Gasteiger partial charge is 0.473 e. The van der Waals surface area contributed by atoms with Crippen LogP contribution in [0.1, 0.15) is 4.88 Å². The van der Waals surface area contributed by atoms with Crippen molar-refractivity contribution in [2.45, 2.75) is 6.61 Å². The van der Waals surface area contributed by atoms with Crippen LogP contribution in [0, 0.1) is 0 Å². The van der Waals surface area contributed by atoms with Gasteiger partial charge in [0.2, 0.25) is 0 Å². The zero-order valence-electron chi connectivity index (χ0n) is 8.64. The summed E-state index contributed by atoms with van der Waals surface area (Å²) in [7, 11) is 0. The van der Waals surface area contributed by atoms with Gasteiger partial charge in [0.25, 0.3) is 0 Å². The molecule has 0 aliphatic carbocycles. The summed E-state index contributed by atoms with van der Waals surface area (Å²) >= 11 is 1.71. The van der Waals surface area contributed by atoms with E-state index < -0.39 is 0 Å². The summed E-state index contributed by atoms with van der Waals surface area (Å²) in [5.74, 6) is 0.851. The van der Waals surface area contributed by atoms with Gasteiger partial charge in [-0.2, -0.15) is 0 Å². The van der Waals surface area contributed by atoms with Crippen molar-refractivity contribution in [2.24, 2.45) is 0 Å². The summed E-state index contributed by atoms with van der Waals surface area (Å²) in [6.07, 6.45) is 1.97. The lowest BCUT2D eigenvalue weighted by molar-refractivity contribution is 0.302. The zero-order valence-corrected chi connectivity index (χ0v) is 9.46. The summed E-state index contributed by atoms with van der Waals surface area (Å²) in [5, 5.41) is 4.38. The number of rotatable bonds is 3. The van der Waals surface area contributed by atoms with E-state index in [9.17, 15) is 0 Å². The maximum Gasteiger partial charge on any atom is 0.199 e. The number of benzene rings is 1. The number of nitrogens with one attached hydrogen (secondary N) is 1. The van der Waals surface area contributed by atoms with Crippen molar-refractivity contribution in [3.05, 3.63) is 52.9 Å². The van der Waals surface area contributed by atoms with Crippen LogP contribution in [-0.2, 0) is 6.61 Å². The number of ether oxygens (including phenoxy) is 1. The number of hydrogen-bond acceptors (Lipinski definition) is 2. The number of aromatic nitrogens is 1. The summed E-state index contributed by atoms with van der Waals surface area (Å²) in [4.78, 5) is 4.39. The quantitative estimate of drug-likeness (QED) is 0.725. The highest BCUT2D eigenvalue weighted by molar-refractivity contribution is 7.09. The van der Waals surface area contributed by atoms with E-state index in [0.717, 1.165) is 11.3 Å². The number of aromatic amines is 1. The second kappa shape index (κ2) is 4.02. The summed E-state index contributed by atoms with van der Waals surface area (Å²) in [6, 6.07) is 12.3. The van der Waals surface area contributed by atoms with Crippen molar-refractivity contribution < 1.29 is 4.74 Å². The fraction of sp³-hybridized carbons (Fsp3) is 0.0769. The minimum absolute atomic E-state index is 0.627. The fourth-order valence-electron chi connectivity index (χ4n) is 1.71. The van der Waals surface area contributed by atoms with Gasteiger partial charge in [-0.05, 0) is 17.5 Å². The molecule has 80 valence electrons. The summed E-state index contributed by atoms with van der Waals surface area (Å²) in [5.41, 5.74) is 0. The molecule has 0 radical (unpaired) electrons. The monoisotopic (exact) mass is 229 g/mol. The normalized spacial score (nSPS) is 10.8. The predicted octanol–water partition coefficient (Wildman–Crippen LogP) is 3.81. The van der Waals surface area contributed by atoms with Gasteiger partial charge in [-0.1, -0.05) is 24.3 Å². The van der Waals surface area contributed by atoms with Crippen LogP contribution >= 0.6 is 11.3 Å². The van der Waals surface area contributed by atoms with Crippen LogP contribution in [0.15, 0.2) is 48.0 Å². The first-order valence-corrected chi connectivity index (χ1v) is 6.03. The third-order valence-corrected chi connectivity index (χ3v) is 3.35. The van der Waals surface area contributed by atoms with E-state index >= 15 is 0 Å². The van der Waals surface area contributed by atoms with Gasteiger partial charge in [0, 0.05) is 21.8 Å². The molecule has 0 amide bonds. The molecule has 0 unspecified atom stereocenters. The lowest BCUT2D eigenvalue weighted by Crippen LogP contribution is -1.92. The Balaban J connectivity index is 1.84. The highest BCUT2D eigenvalue weighted by Crippen LogP contribution is 2.25. The van der Waals surface area contributed by atoms with Crippen molar-refractivity contribution in [3.8, 4) is 5.88 Å².